The summed E-state index contributed by atoms with van der Waals surface area (Å²) < 4.78 is 0. The molecule has 0 spiro atoms. The number of likely N-dealkylation sites (N-methyl/N-ethyl adjacent to an activating group) is 1. The van der Waals surface area contributed by atoms with Crippen molar-refractivity contribution in [1.29, 1.82) is 0 Å². The Bertz CT molecular complexity index is 304. The highest BCUT2D eigenvalue weighted by Gasteiger charge is 2.08. The van der Waals surface area contributed by atoms with E-state index < -0.39 is 0 Å². The second-order valence-electron chi connectivity index (χ2n) is 2.86. The monoisotopic (exact) mass is 210 g/mol. The standard InChI is InChI=1S/C9H14N4O2/c1-3-15-12-8(14)7-13(2)9-10-5-4-6-11-9/h4-6H,3,7H2,1-2H3,(H,12,14). The largest absolute Gasteiger partial charge is 0.334 e. The molecule has 15 heavy (non-hydrogen) atoms. The van der Waals surface area contributed by atoms with Crippen LogP contribution in [0.25, 0.3) is 0 Å². The number of hydroxylamine groups is 1. The molecule has 1 N–H and O–H groups in total. The highest BCUT2D eigenvalue weighted by Crippen LogP contribution is 2.00. The molecule has 0 aromatic carbocycles. The van der Waals surface area contributed by atoms with Crippen LogP contribution in [0.1, 0.15) is 6.92 Å². The summed E-state index contributed by atoms with van der Waals surface area (Å²) in [4.78, 5) is 25.7. The summed E-state index contributed by atoms with van der Waals surface area (Å²) >= 11 is 0. The van der Waals surface area contributed by atoms with Crippen LogP contribution in [0.5, 0.6) is 0 Å². The smallest absolute Gasteiger partial charge is 0.263 e. The molecule has 0 atom stereocenters. The highest BCUT2D eigenvalue weighted by atomic mass is 16.6. The zero-order chi connectivity index (χ0) is 11.1. The number of hydrogen-bond acceptors (Lipinski definition) is 5. The van der Waals surface area contributed by atoms with Gasteiger partial charge < -0.3 is 4.90 Å². The first kappa shape index (κ1) is 11.4. The van der Waals surface area contributed by atoms with Crippen molar-refractivity contribution in [3.05, 3.63) is 18.5 Å². The van der Waals surface area contributed by atoms with Crippen LogP contribution in [0.15, 0.2) is 18.5 Å². The maximum atomic E-state index is 11.3. The lowest BCUT2D eigenvalue weighted by Gasteiger charge is -2.15. The highest BCUT2D eigenvalue weighted by molar-refractivity contribution is 5.79. The molecule has 1 heterocycles. The zero-order valence-corrected chi connectivity index (χ0v) is 8.80. The third-order valence-corrected chi connectivity index (χ3v) is 1.60. The second-order valence-corrected chi connectivity index (χ2v) is 2.86. The Morgan fingerprint density at radius 3 is 2.80 bits per heavy atom. The Kier molecular flexibility index (Phi) is 4.49. The number of hydrogen-bond donors (Lipinski definition) is 1. The first-order valence-electron chi connectivity index (χ1n) is 4.62. The number of amides is 1. The van der Waals surface area contributed by atoms with E-state index in [1.54, 1.807) is 37.3 Å². The molecule has 0 aliphatic rings. The SMILES string of the molecule is CCONC(=O)CN(C)c1ncccn1. The molecule has 1 amide bonds. The van der Waals surface area contributed by atoms with Crippen LogP contribution in [0.4, 0.5) is 5.95 Å². The molecule has 0 fully saturated rings. The molecule has 6 nitrogen and oxygen atoms in total. The van der Waals surface area contributed by atoms with Crippen LogP contribution < -0.4 is 10.4 Å². The minimum Gasteiger partial charge on any atom is -0.334 e. The topological polar surface area (TPSA) is 67.3 Å². The lowest BCUT2D eigenvalue weighted by Crippen LogP contribution is -2.35. The average molecular weight is 210 g/mol. The zero-order valence-electron chi connectivity index (χ0n) is 8.80. The van der Waals surface area contributed by atoms with Gasteiger partial charge in [-0.2, -0.15) is 0 Å². The molecule has 1 rings (SSSR count). The van der Waals surface area contributed by atoms with Crippen molar-refractivity contribution in [2.24, 2.45) is 0 Å². The van der Waals surface area contributed by atoms with Crippen molar-refractivity contribution in [3.8, 4) is 0 Å². The van der Waals surface area contributed by atoms with E-state index in [4.69, 9.17) is 4.84 Å². The van der Waals surface area contributed by atoms with Gasteiger partial charge in [-0.15, -0.1) is 0 Å². The Morgan fingerprint density at radius 1 is 1.53 bits per heavy atom. The van der Waals surface area contributed by atoms with Crippen LogP contribution in [0.2, 0.25) is 0 Å². The summed E-state index contributed by atoms with van der Waals surface area (Å²) in [5.74, 6) is 0.274. The lowest BCUT2D eigenvalue weighted by molar-refractivity contribution is -0.131. The Labute approximate surface area is 88.2 Å². The summed E-state index contributed by atoms with van der Waals surface area (Å²) in [7, 11) is 1.74. The minimum absolute atomic E-state index is 0.157. The molecule has 6 heteroatoms. The van der Waals surface area contributed by atoms with E-state index in [1.807, 2.05) is 0 Å². The number of aromatic nitrogens is 2. The van der Waals surface area contributed by atoms with Gasteiger partial charge in [-0.05, 0) is 13.0 Å². The molecule has 0 saturated carbocycles. The van der Waals surface area contributed by atoms with Crippen LogP contribution in [-0.4, -0.2) is 36.1 Å². The molecule has 1 aromatic heterocycles. The third kappa shape index (κ3) is 3.90. The van der Waals surface area contributed by atoms with E-state index >= 15 is 0 Å². The number of carbonyl (C=O) groups is 1. The number of carbonyl (C=O) groups excluding carboxylic acids is 1. The van der Waals surface area contributed by atoms with Crippen molar-refractivity contribution in [2.75, 3.05) is 25.1 Å². The average Bonchev–Trinajstić information content (AvgIpc) is 2.27. The molecule has 0 radical (unpaired) electrons. The number of nitrogens with zero attached hydrogens (tertiary/aromatic N) is 3. The van der Waals surface area contributed by atoms with Crippen LogP contribution in [0, 0.1) is 0 Å². The molecule has 0 saturated heterocycles. The maximum absolute atomic E-state index is 11.3. The first-order valence-corrected chi connectivity index (χ1v) is 4.62. The minimum atomic E-state index is -0.230. The van der Waals surface area contributed by atoms with Gasteiger partial charge in [-0.1, -0.05) is 0 Å². The summed E-state index contributed by atoms with van der Waals surface area (Å²) in [6, 6.07) is 1.72. The Hall–Kier alpha value is -1.69. The summed E-state index contributed by atoms with van der Waals surface area (Å²) in [5.41, 5.74) is 2.30. The van der Waals surface area contributed by atoms with Gasteiger partial charge in [0.05, 0.1) is 6.61 Å². The summed E-state index contributed by atoms with van der Waals surface area (Å²) in [6.45, 7) is 2.39. The fourth-order valence-corrected chi connectivity index (χ4v) is 0.959. The fourth-order valence-electron chi connectivity index (χ4n) is 0.959. The molecule has 0 aliphatic heterocycles. The lowest BCUT2D eigenvalue weighted by atomic mass is 10.5. The number of anilines is 1. The molecular formula is C9H14N4O2. The van der Waals surface area contributed by atoms with E-state index in [1.165, 1.54) is 0 Å². The van der Waals surface area contributed by atoms with Crippen LogP contribution in [0.3, 0.4) is 0 Å². The fraction of sp³-hybridized carbons (Fsp3) is 0.444. The first-order chi connectivity index (χ1) is 7.24. The van der Waals surface area contributed by atoms with Gasteiger partial charge in [0, 0.05) is 19.4 Å². The van der Waals surface area contributed by atoms with E-state index in [2.05, 4.69) is 15.4 Å². The number of nitrogens with one attached hydrogen (secondary N) is 1. The van der Waals surface area contributed by atoms with E-state index in [9.17, 15) is 4.79 Å². The molecule has 0 bridgehead atoms. The Morgan fingerprint density at radius 2 is 2.20 bits per heavy atom. The summed E-state index contributed by atoms with van der Waals surface area (Å²) in [5, 5.41) is 0. The van der Waals surface area contributed by atoms with E-state index in [0.29, 0.717) is 12.6 Å². The van der Waals surface area contributed by atoms with Crippen molar-refractivity contribution in [2.45, 2.75) is 6.92 Å². The van der Waals surface area contributed by atoms with Gasteiger partial charge in [0.15, 0.2) is 0 Å². The predicted octanol–water partition coefficient (Wildman–Crippen LogP) is -0.0195. The predicted molar refractivity (Wildman–Crippen MR) is 55.1 cm³/mol. The molecule has 0 unspecified atom stereocenters. The van der Waals surface area contributed by atoms with Gasteiger partial charge in [-0.25, -0.2) is 15.4 Å². The van der Waals surface area contributed by atoms with Gasteiger partial charge in [0.1, 0.15) is 6.54 Å². The maximum Gasteiger partial charge on any atom is 0.263 e. The van der Waals surface area contributed by atoms with Crippen molar-refractivity contribution in [3.63, 3.8) is 0 Å². The van der Waals surface area contributed by atoms with Gasteiger partial charge in [0.2, 0.25) is 5.95 Å². The molecule has 1 aromatic rings. The molecule has 0 aliphatic carbocycles. The molecule has 82 valence electrons. The number of rotatable bonds is 5. The van der Waals surface area contributed by atoms with Crippen LogP contribution in [-0.2, 0) is 9.63 Å². The normalized spacial score (nSPS) is 9.73. The van der Waals surface area contributed by atoms with Crippen molar-refractivity contribution >= 4 is 11.9 Å². The Balaban J connectivity index is 2.42. The van der Waals surface area contributed by atoms with Gasteiger partial charge in [-0.3, -0.25) is 9.63 Å². The van der Waals surface area contributed by atoms with E-state index in [0.717, 1.165) is 0 Å². The van der Waals surface area contributed by atoms with Crippen molar-refractivity contribution in [1.82, 2.24) is 15.4 Å². The van der Waals surface area contributed by atoms with Gasteiger partial charge >= 0.3 is 0 Å². The third-order valence-electron chi connectivity index (χ3n) is 1.60. The van der Waals surface area contributed by atoms with Gasteiger partial charge in [0.25, 0.3) is 5.91 Å². The van der Waals surface area contributed by atoms with E-state index in [-0.39, 0.29) is 12.5 Å². The van der Waals surface area contributed by atoms with Crippen molar-refractivity contribution < 1.29 is 9.63 Å². The quantitative estimate of drug-likeness (QED) is 0.692. The van der Waals surface area contributed by atoms with Crippen LogP contribution >= 0.6 is 0 Å². The summed E-state index contributed by atoms with van der Waals surface area (Å²) in [6.07, 6.45) is 3.25. The second kappa shape index (κ2) is 5.92. The molecular weight excluding hydrogens is 196 g/mol.